The van der Waals surface area contributed by atoms with E-state index in [2.05, 4.69) is 32.5 Å². The van der Waals surface area contributed by atoms with Crippen molar-refractivity contribution in [2.75, 3.05) is 37.4 Å². The van der Waals surface area contributed by atoms with Gasteiger partial charge in [0.05, 0.1) is 0 Å². The first kappa shape index (κ1) is 11.1. The minimum absolute atomic E-state index is 0.541. The molecule has 16 heavy (non-hydrogen) atoms. The summed E-state index contributed by atoms with van der Waals surface area (Å²) < 4.78 is 0. The van der Waals surface area contributed by atoms with Gasteiger partial charge in [-0.15, -0.1) is 0 Å². The van der Waals surface area contributed by atoms with Gasteiger partial charge in [-0.1, -0.05) is 0 Å². The molecule has 0 radical (unpaired) electrons. The molecule has 2 rings (SSSR count). The number of anilines is 2. The minimum atomic E-state index is 0.541. The Kier molecular flexibility index (Phi) is 3.24. The molecule has 2 heterocycles. The second-order valence-corrected chi connectivity index (χ2v) is 4.17. The average Bonchev–Trinajstić information content (AvgIpc) is 2.80. The topological polar surface area (TPSA) is 53.1 Å². The molecule has 88 valence electrons. The number of likely N-dealkylation sites (N-methyl/N-ethyl adjacent to an activating group) is 1. The summed E-state index contributed by atoms with van der Waals surface area (Å²) >= 11 is 0. The van der Waals surface area contributed by atoms with Crippen molar-refractivity contribution in [2.45, 2.75) is 19.4 Å². The fraction of sp³-hybridized carbons (Fsp3) is 0.636. The van der Waals surface area contributed by atoms with Gasteiger partial charge >= 0.3 is 0 Å². The Hall–Kier alpha value is -1.36. The van der Waals surface area contributed by atoms with Gasteiger partial charge in [0.1, 0.15) is 17.5 Å². The predicted octanol–water partition coefficient (Wildman–Crippen LogP) is 0.625. The molecule has 1 atom stereocenters. The number of nitrogens with zero attached hydrogens (tertiary/aromatic N) is 3. The number of rotatable bonds is 3. The number of hydrogen-bond acceptors (Lipinski definition) is 5. The fourth-order valence-electron chi connectivity index (χ4n) is 2.02. The summed E-state index contributed by atoms with van der Waals surface area (Å²) in [5.74, 6) is 2.67. The van der Waals surface area contributed by atoms with Crippen molar-refractivity contribution < 1.29 is 0 Å². The second kappa shape index (κ2) is 4.65. The largest absolute Gasteiger partial charge is 0.373 e. The van der Waals surface area contributed by atoms with Gasteiger partial charge in [0.25, 0.3) is 0 Å². The highest BCUT2D eigenvalue weighted by atomic mass is 15.2. The molecule has 1 aliphatic heterocycles. The van der Waals surface area contributed by atoms with E-state index in [0.717, 1.165) is 30.5 Å². The molecular weight excluding hydrogens is 202 g/mol. The zero-order valence-corrected chi connectivity index (χ0v) is 10.1. The van der Waals surface area contributed by atoms with E-state index < -0.39 is 0 Å². The summed E-state index contributed by atoms with van der Waals surface area (Å²) in [6.07, 6.45) is 1.18. The molecule has 0 bridgehead atoms. The van der Waals surface area contributed by atoms with E-state index >= 15 is 0 Å². The molecule has 0 aliphatic carbocycles. The third-order valence-electron chi connectivity index (χ3n) is 3.02. The normalized spacial score (nSPS) is 19.8. The van der Waals surface area contributed by atoms with E-state index in [-0.39, 0.29) is 0 Å². The molecule has 5 nitrogen and oxygen atoms in total. The first-order chi connectivity index (χ1) is 7.70. The molecule has 1 aliphatic rings. The van der Waals surface area contributed by atoms with Crippen LogP contribution in [0.15, 0.2) is 6.07 Å². The predicted molar refractivity (Wildman–Crippen MR) is 66.0 cm³/mol. The maximum atomic E-state index is 4.47. The third-order valence-corrected chi connectivity index (χ3v) is 3.02. The Morgan fingerprint density at radius 2 is 2.31 bits per heavy atom. The summed E-state index contributed by atoms with van der Waals surface area (Å²) in [7, 11) is 3.97. The number of aromatic nitrogens is 2. The molecule has 5 heteroatoms. The van der Waals surface area contributed by atoms with Crippen LogP contribution < -0.4 is 15.5 Å². The van der Waals surface area contributed by atoms with Gasteiger partial charge in [-0.25, -0.2) is 9.97 Å². The van der Waals surface area contributed by atoms with Gasteiger partial charge in [0.2, 0.25) is 0 Å². The monoisotopic (exact) mass is 221 g/mol. The highest BCUT2D eigenvalue weighted by molar-refractivity contribution is 5.49. The maximum Gasteiger partial charge on any atom is 0.134 e. The molecule has 0 amide bonds. The Labute approximate surface area is 96.3 Å². The molecule has 1 saturated heterocycles. The van der Waals surface area contributed by atoms with Gasteiger partial charge in [0, 0.05) is 32.7 Å². The van der Waals surface area contributed by atoms with E-state index in [1.54, 1.807) is 0 Å². The van der Waals surface area contributed by atoms with Gasteiger partial charge in [0.15, 0.2) is 0 Å². The Morgan fingerprint density at radius 1 is 1.50 bits per heavy atom. The highest BCUT2D eigenvalue weighted by Gasteiger charge is 2.20. The van der Waals surface area contributed by atoms with E-state index in [9.17, 15) is 0 Å². The van der Waals surface area contributed by atoms with Crippen molar-refractivity contribution in [3.63, 3.8) is 0 Å². The van der Waals surface area contributed by atoms with Crippen LogP contribution in [0.25, 0.3) is 0 Å². The van der Waals surface area contributed by atoms with Crippen molar-refractivity contribution in [3.05, 3.63) is 11.9 Å². The standard InChI is InChI=1S/C11H19N5/c1-8-14-10(12-2)6-11(15-8)16(3)9-4-5-13-7-9/h6,9,13H,4-5,7H2,1-3H3,(H,12,14,15). The first-order valence-electron chi connectivity index (χ1n) is 5.67. The van der Waals surface area contributed by atoms with E-state index in [4.69, 9.17) is 0 Å². The average molecular weight is 221 g/mol. The molecule has 1 unspecified atom stereocenters. The number of aryl methyl sites for hydroxylation is 1. The van der Waals surface area contributed by atoms with Crippen LogP contribution in [0.3, 0.4) is 0 Å². The van der Waals surface area contributed by atoms with Gasteiger partial charge in [-0.2, -0.15) is 0 Å². The lowest BCUT2D eigenvalue weighted by molar-refractivity contribution is 0.675. The van der Waals surface area contributed by atoms with Crippen molar-refractivity contribution in [3.8, 4) is 0 Å². The Balaban J connectivity index is 2.21. The Morgan fingerprint density at radius 3 is 2.94 bits per heavy atom. The van der Waals surface area contributed by atoms with Crippen molar-refractivity contribution in [1.82, 2.24) is 15.3 Å². The van der Waals surface area contributed by atoms with Crippen molar-refractivity contribution in [1.29, 1.82) is 0 Å². The van der Waals surface area contributed by atoms with Crippen molar-refractivity contribution >= 4 is 11.6 Å². The SMILES string of the molecule is CNc1cc(N(C)C2CCNC2)nc(C)n1. The van der Waals surface area contributed by atoms with E-state index in [1.807, 2.05) is 20.0 Å². The lowest BCUT2D eigenvalue weighted by Gasteiger charge is -2.25. The summed E-state index contributed by atoms with van der Waals surface area (Å²) in [5.41, 5.74) is 0. The number of nitrogens with one attached hydrogen (secondary N) is 2. The second-order valence-electron chi connectivity index (χ2n) is 4.17. The molecule has 1 aromatic rings. The summed E-state index contributed by atoms with van der Waals surface area (Å²) in [5, 5.41) is 6.43. The van der Waals surface area contributed by atoms with E-state index in [1.165, 1.54) is 6.42 Å². The molecule has 1 aromatic heterocycles. The first-order valence-corrected chi connectivity index (χ1v) is 5.67. The van der Waals surface area contributed by atoms with Crippen LogP contribution in [-0.2, 0) is 0 Å². The highest BCUT2D eigenvalue weighted by Crippen LogP contribution is 2.18. The smallest absolute Gasteiger partial charge is 0.134 e. The summed E-state index contributed by atoms with van der Waals surface area (Å²) in [4.78, 5) is 11.0. The van der Waals surface area contributed by atoms with Crippen LogP contribution in [-0.4, -0.2) is 43.2 Å². The molecule has 2 N–H and O–H groups in total. The van der Waals surface area contributed by atoms with Crippen LogP contribution in [0.4, 0.5) is 11.6 Å². The van der Waals surface area contributed by atoms with Crippen LogP contribution >= 0.6 is 0 Å². The molecule has 1 fully saturated rings. The minimum Gasteiger partial charge on any atom is -0.373 e. The van der Waals surface area contributed by atoms with Gasteiger partial charge in [-0.05, 0) is 19.9 Å². The lowest BCUT2D eigenvalue weighted by atomic mass is 10.2. The lowest BCUT2D eigenvalue weighted by Crippen LogP contribution is -2.34. The van der Waals surface area contributed by atoms with E-state index in [0.29, 0.717) is 6.04 Å². The van der Waals surface area contributed by atoms with Gasteiger partial charge in [-0.3, -0.25) is 0 Å². The van der Waals surface area contributed by atoms with Gasteiger partial charge < -0.3 is 15.5 Å². The molecular formula is C11H19N5. The van der Waals surface area contributed by atoms with Crippen LogP contribution in [0.2, 0.25) is 0 Å². The molecule has 0 aromatic carbocycles. The summed E-state index contributed by atoms with van der Waals surface area (Å²) in [6, 6.07) is 2.53. The fourth-order valence-corrected chi connectivity index (χ4v) is 2.02. The van der Waals surface area contributed by atoms with Crippen LogP contribution in [0.5, 0.6) is 0 Å². The molecule has 0 saturated carbocycles. The maximum absolute atomic E-state index is 4.47. The zero-order chi connectivity index (χ0) is 11.5. The molecule has 0 spiro atoms. The number of hydrogen-bond donors (Lipinski definition) is 2. The van der Waals surface area contributed by atoms with Crippen LogP contribution in [0.1, 0.15) is 12.2 Å². The quantitative estimate of drug-likeness (QED) is 0.784. The van der Waals surface area contributed by atoms with Crippen molar-refractivity contribution in [2.24, 2.45) is 0 Å². The summed E-state index contributed by atoms with van der Waals surface area (Å²) in [6.45, 7) is 4.05. The third kappa shape index (κ3) is 2.24. The Bertz CT molecular complexity index is 359. The zero-order valence-electron chi connectivity index (χ0n) is 10.1. The van der Waals surface area contributed by atoms with Crippen LogP contribution in [0, 0.1) is 6.92 Å².